The van der Waals surface area contributed by atoms with E-state index < -0.39 is 29.5 Å². The average Bonchev–Trinajstić information content (AvgIpc) is 3.26. The number of carbonyl (C=O) groups excluding carboxylic acids is 2. The molecule has 1 unspecified atom stereocenters. The number of aromatic hydroxyl groups is 1. The molecule has 0 bridgehead atoms. The number of carboxylic acids is 1. The zero-order chi connectivity index (χ0) is 28.3. The quantitative estimate of drug-likeness (QED) is 0.178. The standard InChI is InChI=1S/C29H30N2O8/c1-15-14-38-26-17(3)27-21(12-20(15)26)16(2)22(29(37)39-27)13-24(33)31-23(11-18-6-8-19(32)9-7-18)28(36)30-10-4-5-25(34)35/h6-9,12,14,23,32H,4-5,10-11,13H2,1-3H3,(H,30,36)(H,31,33)(H,34,35). The van der Waals surface area contributed by atoms with Crippen LogP contribution in [0.25, 0.3) is 21.9 Å². The van der Waals surface area contributed by atoms with E-state index in [0.29, 0.717) is 33.2 Å². The van der Waals surface area contributed by atoms with Gasteiger partial charge in [0.05, 0.1) is 18.2 Å². The fourth-order valence-electron chi connectivity index (χ4n) is 4.58. The van der Waals surface area contributed by atoms with Crippen LogP contribution in [0.3, 0.4) is 0 Å². The Morgan fingerprint density at radius 1 is 1.00 bits per heavy atom. The Balaban J connectivity index is 1.57. The SMILES string of the molecule is Cc1coc2c(C)c3oc(=O)c(CC(=O)NC(Cc4ccc(O)cc4)C(=O)NCCCC(=O)O)c(C)c3cc12. The van der Waals surface area contributed by atoms with Gasteiger partial charge in [-0.05, 0) is 62.1 Å². The van der Waals surface area contributed by atoms with Gasteiger partial charge in [-0.2, -0.15) is 0 Å². The third-order valence-electron chi connectivity index (χ3n) is 6.77. The van der Waals surface area contributed by atoms with Gasteiger partial charge >= 0.3 is 11.6 Å². The molecule has 4 aromatic rings. The van der Waals surface area contributed by atoms with Crippen molar-refractivity contribution in [3.63, 3.8) is 0 Å². The normalized spacial score (nSPS) is 12.0. The monoisotopic (exact) mass is 534 g/mol. The summed E-state index contributed by atoms with van der Waals surface area (Å²) in [5.74, 6) is -1.94. The molecule has 0 aliphatic rings. The number of phenolic OH excluding ortho intramolecular Hbond substituents is 1. The lowest BCUT2D eigenvalue weighted by molar-refractivity contribution is -0.137. The molecule has 10 heteroatoms. The molecule has 4 N–H and O–H groups in total. The minimum atomic E-state index is -0.991. The summed E-state index contributed by atoms with van der Waals surface area (Å²) in [4.78, 5) is 49.7. The Morgan fingerprint density at radius 3 is 2.41 bits per heavy atom. The highest BCUT2D eigenvalue weighted by Crippen LogP contribution is 2.32. The molecule has 10 nitrogen and oxygen atoms in total. The number of hydrogen-bond acceptors (Lipinski definition) is 7. The smallest absolute Gasteiger partial charge is 0.340 e. The zero-order valence-electron chi connectivity index (χ0n) is 21.9. The Hall–Kier alpha value is -4.60. The van der Waals surface area contributed by atoms with Crippen molar-refractivity contribution in [2.24, 2.45) is 0 Å². The third-order valence-corrected chi connectivity index (χ3v) is 6.77. The summed E-state index contributed by atoms with van der Waals surface area (Å²) in [5, 5.41) is 25.3. The Bertz CT molecular complexity index is 1610. The first-order chi connectivity index (χ1) is 18.5. The van der Waals surface area contributed by atoms with E-state index in [1.54, 1.807) is 25.3 Å². The minimum absolute atomic E-state index is 0.0640. The minimum Gasteiger partial charge on any atom is -0.508 e. The van der Waals surface area contributed by atoms with Crippen molar-refractivity contribution in [1.82, 2.24) is 10.6 Å². The number of furan rings is 1. The summed E-state index contributed by atoms with van der Waals surface area (Å²) in [5.41, 5.74) is 3.50. The van der Waals surface area contributed by atoms with Crippen LogP contribution in [0.15, 0.2) is 50.2 Å². The highest BCUT2D eigenvalue weighted by atomic mass is 16.4. The fourth-order valence-corrected chi connectivity index (χ4v) is 4.58. The van der Waals surface area contributed by atoms with E-state index in [1.807, 2.05) is 19.9 Å². The zero-order valence-corrected chi connectivity index (χ0v) is 21.9. The van der Waals surface area contributed by atoms with Gasteiger partial charge in [0.25, 0.3) is 0 Å². The summed E-state index contributed by atoms with van der Waals surface area (Å²) < 4.78 is 11.2. The number of fused-ring (bicyclic) bond motifs is 2. The maximum Gasteiger partial charge on any atom is 0.340 e. The van der Waals surface area contributed by atoms with Gasteiger partial charge < -0.3 is 29.7 Å². The van der Waals surface area contributed by atoms with Gasteiger partial charge in [-0.25, -0.2) is 4.79 Å². The first kappa shape index (κ1) is 27.4. The number of carboxylic acid groups (broad SMARTS) is 1. The van der Waals surface area contributed by atoms with Crippen molar-refractivity contribution < 1.29 is 33.4 Å². The lowest BCUT2D eigenvalue weighted by Gasteiger charge is -2.19. The van der Waals surface area contributed by atoms with Crippen molar-refractivity contribution in [2.45, 2.75) is 52.5 Å². The molecule has 4 rings (SSSR count). The lowest BCUT2D eigenvalue weighted by Crippen LogP contribution is -2.49. The fraction of sp³-hybridized carbons (Fsp3) is 0.310. The molecule has 204 valence electrons. The molecule has 39 heavy (non-hydrogen) atoms. The number of benzene rings is 2. The molecule has 2 aromatic carbocycles. The predicted molar refractivity (Wildman–Crippen MR) is 144 cm³/mol. The van der Waals surface area contributed by atoms with Crippen LogP contribution < -0.4 is 16.3 Å². The first-order valence-electron chi connectivity index (χ1n) is 12.6. The topological polar surface area (TPSA) is 159 Å². The van der Waals surface area contributed by atoms with Gasteiger partial charge in [0.1, 0.15) is 23.0 Å². The lowest BCUT2D eigenvalue weighted by atomic mass is 9.98. The molecule has 1 atom stereocenters. The van der Waals surface area contributed by atoms with Crippen LogP contribution in [0.5, 0.6) is 5.75 Å². The number of aryl methyl sites for hydroxylation is 3. The van der Waals surface area contributed by atoms with E-state index in [-0.39, 0.29) is 43.5 Å². The second-order valence-corrected chi connectivity index (χ2v) is 9.62. The van der Waals surface area contributed by atoms with Crippen LogP contribution in [-0.2, 0) is 27.2 Å². The van der Waals surface area contributed by atoms with E-state index in [9.17, 15) is 24.3 Å². The highest BCUT2D eigenvalue weighted by Gasteiger charge is 2.24. The summed E-state index contributed by atoms with van der Waals surface area (Å²) in [6, 6.07) is 7.11. The molecule has 0 saturated heterocycles. The van der Waals surface area contributed by atoms with Crippen LogP contribution in [0, 0.1) is 20.8 Å². The van der Waals surface area contributed by atoms with Crippen LogP contribution >= 0.6 is 0 Å². The van der Waals surface area contributed by atoms with Gasteiger partial charge in [-0.15, -0.1) is 0 Å². The van der Waals surface area contributed by atoms with Crippen molar-refractivity contribution in [3.8, 4) is 5.75 Å². The number of phenols is 1. The van der Waals surface area contributed by atoms with E-state index in [0.717, 1.165) is 10.9 Å². The van der Waals surface area contributed by atoms with Gasteiger partial charge in [0.2, 0.25) is 11.8 Å². The molecule has 0 fully saturated rings. The van der Waals surface area contributed by atoms with Crippen LogP contribution in [0.1, 0.15) is 40.7 Å². The van der Waals surface area contributed by atoms with Crippen molar-refractivity contribution in [3.05, 3.63) is 74.8 Å². The van der Waals surface area contributed by atoms with Crippen molar-refractivity contribution in [1.29, 1.82) is 0 Å². The number of carbonyl (C=O) groups is 3. The summed E-state index contributed by atoms with van der Waals surface area (Å²) in [6.45, 7) is 5.61. The first-order valence-corrected chi connectivity index (χ1v) is 12.6. The predicted octanol–water partition coefficient (Wildman–Crippen LogP) is 3.42. The number of aliphatic carboxylic acids is 1. The summed E-state index contributed by atoms with van der Waals surface area (Å²) in [6.07, 6.45) is 1.60. The summed E-state index contributed by atoms with van der Waals surface area (Å²) >= 11 is 0. The number of amides is 2. The number of hydrogen-bond donors (Lipinski definition) is 4. The molecular weight excluding hydrogens is 504 g/mol. The average molecular weight is 535 g/mol. The maximum atomic E-state index is 13.1. The molecule has 0 saturated carbocycles. The Labute approximate surface area is 223 Å². The Kier molecular flexibility index (Phi) is 8.04. The third kappa shape index (κ3) is 6.11. The molecule has 2 heterocycles. The van der Waals surface area contributed by atoms with Crippen LogP contribution in [0.2, 0.25) is 0 Å². The van der Waals surface area contributed by atoms with E-state index >= 15 is 0 Å². The van der Waals surface area contributed by atoms with Crippen molar-refractivity contribution >= 4 is 39.7 Å². The molecule has 0 radical (unpaired) electrons. The molecule has 2 aromatic heterocycles. The van der Waals surface area contributed by atoms with Crippen LogP contribution in [0.4, 0.5) is 0 Å². The van der Waals surface area contributed by atoms with Gasteiger partial charge in [-0.3, -0.25) is 14.4 Å². The highest BCUT2D eigenvalue weighted by molar-refractivity contribution is 6.00. The number of rotatable bonds is 10. The second kappa shape index (κ2) is 11.4. The molecule has 0 spiro atoms. The van der Waals surface area contributed by atoms with Crippen LogP contribution in [-0.4, -0.2) is 40.6 Å². The number of nitrogens with one attached hydrogen (secondary N) is 2. The van der Waals surface area contributed by atoms with E-state index in [2.05, 4.69) is 10.6 Å². The summed E-state index contributed by atoms with van der Waals surface area (Å²) in [7, 11) is 0. The van der Waals surface area contributed by atoms with E-state index in [4.69, 9.17) is 13.9 Å². The maximum absolute atomic E-state index is 13.1. The second-order valence-electron chi connectivity index (χ2n) is 9.62. The van der Waals surface area contributed by atoms with Gasteiger partial charge in [0.15, 0.2) is 0 Å². The van der Waals surface area contributed by atoms with Gasteiger partial charge in [0, 0.05) is 35.7 Å². The molecule has 0 aliphatic heterocycles. The van der Waals surface area contributed by atoms with Gasteiger partial charge in [-0.1, -0.05) is 12.1 Å². The molecular formula is C29H30N2O8. The molecule has 0 aliphatic carbocycles. The molecule has 2 amide bonds. The Morgan fingerprint density at radius 2 is 1.72 bits per heavy atom. The largest absolute Gasteiger partial charge is 0.508 e. The van der Waals surface area contributed by atoms with Crippen molar-refractivity contribution in [2.75, 3.05) is 6.54 Å². The van der Waals surface area contributed by atoms with E-state index in [1.165, 1.54) is 12.1 Å².